The quantitative estimate of drug-likeness (QED) is 0.483. The molecule has 0 unspecified atom stereocenters. The second kappa shape index (κ2) is 7.37. The van der Waals surface area contributed by atoms with Crippen molar-refractivity contribution in [2.24, 2.45) is 0 Å². The van der Waals surface area contributed by atoms with E-state index >= 15 is 0 Å². The van der Waals surface area contributed by atoms with E-state index in [1.807, 2.05) is 38.1 Å². The number of para-hydroxylation sites is 1. The second-order valence-corrected chi connectivity index (χ2v) is 7.52. The van der Waals surface area contributed by atoms with Crippen LogP contribution in [0.1, 0.15) is 33.9 Å². The number of hydrogen-bond acceptors (Lipinski definition) is 7. The number of nitrogens with zero attached hydrogens (tertiary/aromatic N) is 5. The van der Waals surface area contributed by atoms with Crippen molar-refractivity contribution < 1.29 is 9.53 Å². The maximum atomic E-state index is 12.2. The van der Waals surface area contributed by atoms with Crippen LogP contribution in [0.15, 0.2) is 30.5 Å². The van der Waals surface area contributed by atoms with Gasteiger partial charge in [-0.05, 0) is 38.0 Å². The van der Waals surface area contributed by atoms with E-state index in [1.54, 1.807) is 4.52 Å². The van der Waals surface area contributed by atoms with Crippen LogP contribution in [0.2, 0.25) is 0 Å². The molecular formula is C20H17N5O2S. The van der Waals surface area contributed by atoms with Gasteiger partial charge in [0, 0.05) is 17.8 Å². The van der Waals surface area contributed by atoms with Gasteiger partial charge in [0.25, 0.3) is 0 Å². The van der Waals surface area contributed by atoms with Crippen LogP contribution < -0.4 is 0 Å². The summed E-state index contributed by atoms with van der Waals surface area (Å²) in [5, 5.41) is 14.1. The average Bonchev–Trinajstić information content (AvgIpc) is 3.29. The number of rotatable bonds is 5. The molecule has 3 aromatic heterocycles. The minimum Gasteiger partial charge on any atom is -0.458 e. The molecule has 0 bridgehead atoms. The van der Waals surface area contributed by atoms with Crippen LogP contribution in [0.3, 0.4) is 0 Å². The lowest BCUT2D eigenvalue weighted by molar-refractivity contribution is -0.144. The summed E-state index contributed by atoms with van der Waals surface area (Å²) < 4.78 is 8.12. The summed E-state index contributed by atoms with van der Waals surface area (Å²) in [4.78, 5) is 21.2. The van der Waals surface area contributed by atoms with Gasteiger partial charge in [-0.3, -0.25) is 4.79 Å². The fraction of sp³-hybridized carbons (Fsp3) is 0.250. The van der Waals surface area contributed by atoms with E-state index in [-0.39, 0.29) is 19.0 Å². The number of carbonyl (C=O) groups excluding carboxylic acids is 1. The van der Waals surface area contributed by atoms with Crippen LogP contribution in [-0.2, 0) is 22.6 Å². The van der Waals surface area contributed by atoms with E-state index in [0.29, 0.717) is 17.6 Å². The molecule has 0 N–H and O–H groups in total. The predicted octanol–water partition coefficient (Wildman–Crippen LogP) is 3.50. The highest BCUT2D eigenvalue weighted by molar-refractivity contribution is 7.18. The molecule has 0 aliphatic rings. The van der Waals surface area contributed by atoms with Gasteiger partial charge >= 0.3 is 5.97 Å². The molecule has 3 heterocycles. The van der Waals surface area contributed by atoms with Crippen molar-refractivity contribution in [2.75, 3.05) is 0 Å². The molecule has 0 saturated heterocycles. The number of fused-ring (bicyclic) bond motifs is 2. The smallest absolute Gasteiger partial charge is 0.306 e. The number of esters is 1. The summed E-state index contributed by atoms with van der Waals surface area (Å²) in [6.07, 6.45) is 2.25. The number of hydrogen-bond donors (Lipinski definition) is 0. The van der Waals surface area contributed by atoms with Gasteiger partial charge in [0.1, 0.15) is 23.2 Å². The van der Waals surface area contributed by atoms with Gasteiger partial charge < -0.3 is 4.74 Å². The van der Waals surface area contributed by atoms with Gasteiger partial charge in [-0.25, -0.2) is 14.5 Å². The molecule has 8 heteroatoms. The minimum absolute atomic E-state index is 0.179. The molecule has 0 saturated carbocycles. The van der Waals surface area contributed by atoms with Crippen molar-refractivity contribution in [3.8, 4) is 6.07 Å². The number of ether oxygens (including phenoxy) is 1. The van der Waals surface area contributed by atoms with Crippen LogP contribution in [-0.4, -0.2) is 25.6 Å². The van der Waals surface area contributed by atoms with Crippen molar-refractivity contribution in [3.63, 3.8) is 0 Å². The zero-order valence-electron chi connectivity index (χ0n) is 15.5. The van der Waals surface area contributed by atoms with Gasteiger partial charge in [-0.1, -0.05) is 12.1 Å². The van der Waals surface area contributed by atoms with Crippen LogP contribution in [0, 0.1) is 25.2 Å². The molecule has 0 amide bonds. The third-order valence-corrected chi connectivity index (χ3v) is 5.61. The van der Waals surface area contributed by atoms with Crippen molar-refractivity contribution in [1.82, 2.24) is 19.6 Å². The Hall–Kier alpha value is -3.31. The van der Waals surface area contributed by atoms with Gasteiger partial charge in [-0.2, -0.15) is 10.4 Å². The van der Waals surface area contributed by atoms with E-state index in [4.69, 9.17) is 10.00 Å². The number of carbonyl (C=O) groups is 1. The zero-order valence-corrected chi connectivity index (χ0v) is 16.3. The van der Waals surface area contributed by atoms with Crippen LogP contribution in [0.25, 0.3) is 15.9 Å². The molecule has 0 atom stereocenters. The normalized spacial score (nSPS) is 11.0. The third kappa shape index (κ3) is 3.32. The monoisotopic (exact) mass is 391 g/mol. The lowest BCUT2D eigenvalue weighted by atomic mass is 10.1. The molecule has 4 aromatic rings. The van der Waals surface area contributed by atoms with Gasteiger partial charge in [0.05, 0.1) is 16.4 Å². The Kier molecular flexibility index (Phi) is 4.75. The number of aromatic nitrogens is 4. The first-order chi connectivity index (χ1) is 13.6. The summed E-state index contributed by atoms with van der Waals surface area (Å²) in [7, 11) is 0. The van der Waals surface area contributed by atoms with E-state index in [1.165, 1.54) is 17.5 Å². The summed E-state index contributed by atoms with van der Waals surface area (Å²) in [6.45, 7) is 3.97. The standard InChI is InChI=1S/C20H17N5O2S/c1-12-15(13(2)25-20(23-12)14(9-21)10-22-25)7-8-19(26)27-11-18-24-16-5-3-4-6-17(16)28-18/h3-6,10H,7-8,11H2,1-2H3. The minimum atomic E-state index is -0.281. The van der Waals surface area contributed by atoms with Gasteiger partial charge in [-0.15, -0.1) is 11.3 Å². The number of nitriles is 1. The fourth-order valence-electron chi connectivity index (χ4n) is 3.17. The molecule has 28 heavy (non-hydrogen) atoms. The summed E-state index contributed by atoms with van der Waals surface area (Å²) in [6, 6.07) is 9.93. The van der Waals surface area contributed by atoms with E-state index in [0.717, 1.165) is 32.2 Å². The number of aryl methyl sites for hydroxylation is 2. The van der Waals surface area contributed by atoms with E-state index < -0.39 is 0 Å². The summed E-state index contributed by atoms with van der Waals surface area (Å²) in [5.74, 6) is -0.281. The third-order valence-electron chi connectivity index (χ3n) is 4.60. The Labute approximate surface area is 165 Å². The molecule has 0 radical (unpaired) electrons. The maximum absolute atomic E-state index is 12.2. The first-order valence-corrected chi connectivity index (χ1v) is 9.62. The largest absolute Gasteiger partial charge is 0.458 e. The molecule has 0 fully saturated rings. The molecular weight excluding hydrogens is 374 g/mol. The first kappa shape index (κ1) is 18.1. The molecule has 0 aliphatic heterocycles. The molecule has 7 nitrogen and oxygen atoms in total. The first-order valence-electron chi connectivity index (χ1n) is 8.81. The lowest BCUT2D eigenvalue weighted by Gasteiger charge is -2.11. The fourth-order valence-corrected chi connectivity index (χ4v) is 4.06. The highest BCUT2D eigenvalue weighted by Crippen LogP contribution is 2.22. The maximum Gasteiger partial charge on any atom is 0.306 e. The highest BCUT2D eigenvalue weighted by atomic mass is 32.1. The van der Waals surface area contributed by atoms with Gasteiger partial charge in [0.15, 0.2) is 5.65 Å². The highest BCUT2D eigenvalue weighted by Gasteiger charge is 2.15. The van der Waals surface area contributed by atoms with Crippen LogP contribution in [0.5, 0.6) is 0 Å². The Bertz CT molecular complexity index is 1200. The Morgan fingerprint density at radius 1 is 1.29 bits per heavy atom. The Morgan fingerprint density at radius 3 is 2.89 bits per heavy atom. The lowest BCUT2D eigenvalue weighted by Crippen LogP contribution is -2.10. The zero-order chi connectivity index (χ0) is 19.7. The van der Waals surface area contributed by atoms with E-state index in [9.17, 15) is 4.79 Å². The van der Waals surface area contributed by atoms with Crippen molar-refractivity contribution in [2.45, 2.75) is 33.3 Å². The Balaban J connectivity index is 1.42. The van der Waals surface area contributed by atoms with Crippen LogP contribution in [0.4, 0.5) is 0 Å². The molecule has 0 aliphatic carbocycles. The van der Waals surface area contributed by atoms with E-state index in [2.05, 4.69) is 21.1 Å². The van der Waals surface area contributed by atoms with Crippen molar-refractivity contribution in [1.29, 1.82) is 5.26 Å². The van der Waals surface area contributed by atoms with Crippen molar-refractivity contribution in [3.05, 3.63) is 58.0 Å². The summed E-state index contributed by atoms with van der Waals surface area (Å²) in [5.41, 5.74) is 4.51. The number of benzene rings is 1. The SMILES string of the molecule is Cc1nc2c(C#N)cnn2c(C)c1CCC(=O)OCc1nc2ccccc2s1. The van der Waals surface area contributed by atoms with Crippen LogP contribution >= 0.6 is 11.3 Å². The average molecular weight is 391 g/mol. The summed E-state index contributed by atoms with van der Waals surface area (Å²) >= 11 is 1.53. The molecule has 0 spiro atoms. The Morgan fingerprint density at radius 2 is 2.11 bits per heavy atom. The molecule has 4 rings (SSSR count). The predicted molar refractivity (Wildman–Crippen MR) is 105 cm³/mol. The van der Waals surface area contributed by atoms with Crippen molar-refractivity contribution >= 4 is 33.2 Å². The molecule has 1 aromatic carbocycles. The number of thiazole rings is 1. The van der Waals surface area contributed by atoms with Gasteiger partial charge in [0.2, 0.25) is 0 Å². The molecule has 140 valence electrons. The topological polar surface area (TPSA) is 93.2 Å². The second-order valence-electron chi connectivity index (χ2n) is 6.40.